The molecule has 1 aliphatic heterocycles. The molecule has 0 bridgehead atoms. The number of hydrogen-bond acceptors (Lipinski definition) is 4. The van der Waals surface area contributed by atoms with Gasteiger partial charge in [-0.05, 0) is 18.2 Å². The molecule has 1 aromatic carbocycles. The van der Waals surface area contributed by atoms with Gasteiger partial charge in [0.15, 0.2) is 0 Å². The molecule has 5 heteroatoms. The van der Waals surface area contributed by atoms with Crippen LogP contribution < -0.4 is 5.32 Å². The number of rotatable bonds is 4. The Morgan fingerprint density at radius 1 is 1.33 bits per heavy atom. The molecule has 0 unspecified atom stereocenters. The fourth-order valence-electron chi connectivity index (χ4n) is 1.98. The maximum absolute atomic E-state index is 5.25. The number of aromatic nitrogens is 3. The number of hydrogen-bond donors (Lipinski definition) is 1. The minimum absolute atomic E-state index is 0.270. The molecule has 1 N–H and O–H groups in total. The highest BCUT2D eigenvalue weighted by atomic mass is 16.5. The first-order valence-electron chi connectivity index (χ1n) is 6.02. The summed E-state index contributed by atoms with van der Waals surface area (Å²) >= 11 is 0. The third kappa shape index (κ3) is 2.22. The molecule has 1 aromatic heterocycles. The molecule has 0 amide bonds. The minimum atomic E-state index is 0.270. The van der Waals surface area contributed by atoms with Gasteiger partial charge >= 0.3 is 0 Å². The second-order valence-corrected chi connectivity index (χ2v) is 5.08. The van der Waals surface area contributed by atoms with Crippen LogP contribution in [0.3, 0.4) is 0 Å². The summed E-state index contributed by atoms with van der Waals surface area (Å²) in [6, 6.07) is 8.21. The second-order valence-electron chi connectivity index (χ2n) is 5.08. The lowest BCUT2D eigenvalue weighted by Crippen LogP contribution is -2.45. The standard InChI is InChI=1S/C13H16N4O/c1-13(7-18-8-13)6-14-11-3-2-4-12(5-11)17-9-15-16-10-17/h2-5,9-10,14H,6-8H2,1H3. The Morgan fingerprint density at radius 3 is 2.78 bits per heavy atom. The third-order valence-electron chi connectivity index (χ3n) is 3.18. The molecule has 2 heterocycles. The molecule has 3 rings (SSSR count). The summed E-state index contributed by atoms with van der Waals surface area (Å²) in [5.41, 5.74) is 2.43. The van der Waals surface area contributed by atoms with Gasteiger partial charge in [0.05, 0.1) is 18.9 Å². The monoisotopic (exact) mass is 244 g/mol. The predicted molar refractivity (Wildman–Crippen MR) is 68.8 cm³/mol. The zero-order valence-corrected chi connectivity index (χ0v) is 10.3. The summed E-state index contributed by atoms with van der Waals surface area (Å²) in [5, 5.41) is 11.1. The maximum Gasteiger partial charge on any atom is 0.123 e. The van der Waals surface area contributed by atoms with Crippen LogP contribution >= 0.6 is 0 Å². The van der Waals surface area contributed by atoms with Crippen LogP contribution in [0.2, 0.25) is 0 Å². The lowest BCUT2D eigenvalue weighted by atomic mass is 9.89. The Bertz CT molecular complexity index is 520. The third-order valence-corrected chi connectivity index (χ3v) is 3.18. The normalized spacial score (nSPS) is 17.2. The second kappa shape index (κ2) is 4.42. The SMILES string of the molecule is CC1(CNc2cccc(-n3cnnc3)c2)COC1. The maximum atomic E-state index is 5.25. The van der Waals surface area contributed by atoms with Gasteiger partial charge < -0.3 is 10.1 Å². The molecule has 0 spiro atoms. The molecule has 2 aromatic rings. The van der Waals surface area contributed by atoms with Crippen molar-refractivity contribution >= 4 is 5.69 Å². The average molecular weight is 244 g/mol. The molecule has 0 saturated carbocycles. The van der Waals surface area contributed by atoms with Gasteiger partial charge in [0.1, 0.15) is 12.7 Å². The van der Waals surface area contributed by atoms with Crippen molar-refractivity contribution in [1.29, 1.82) is 0 Å². The Labute approximate surface area is 106 Å². The van der Waals surface area contributed by atoms with E-state index < -0.39 is 0 Å². The number of benzene rings is 1. The minimum Gasteiger partial charge on any atom is -0.384 e. The van der Waals surface area contributed by atoms with E-state index in [4.69, 9.17) is 4.74 Å². The summed E-state index contributed by atoms with van der Waals surface area (Å²) in [5.74, 6) is 0. The summed E-state index contributed by atoms with van der Waals surface area (Å²) < 4.78 is 7.14. The van der Waals surface area contributed by atoms with E-state index in [1.807, 2.05) is 16.7 Å². The smallest absolute Gasteiger partial charge is 0.123 e. The highest BCUT2D eigenvalue weighted by molar-refractivity contribution is 5.51. The number of nitrogens with one attached hydrogen (secondary N) is 1. The van der Waals surface area contributed by atoms with Crippen LogP contribution in [0.5, 0.6) is 0 Å². The quantitative estimate of drug-likeness (QED) is 0.889. The lowest BCUT2D eigenvalue weighted by molar-refractivity contribution is -0.0924. The Balaban J connectivity index is 1.71. The largest absolute Gasteiger partial charge is 0.384 e. The number of ether oxygens (including phenoxy) is 1. The van der Waals surface area contributed by atoms with Crippen molar-refractivity contribution in [2.24, 2.45) is 5.41 Å². The topological polar surface area (TPSA) is 52.0 Å². The van der Waals surface area contributed by atoms with E-state index in [1.165, 1.54) is 0 Å². The van der Waals surface area contributed by atoms with Crippen LogP contribution in [-0.4, -0.2) is 34.5 Å². The molecule has 1 fully saturated rings. The van der Waals surface area contributed by atoms with Gasteiger partial charge in [0.25, 0.3) is 0 Å². The molecule has 1 aliphatic rings. The molecule has 18 heavy (non-hydrogen) atoms. The summed E-state index contributed by atoms with van der Waals surface area (Å²) in [6.07, 6.45) is 3.39. The molecule has 0 atom stereocenters. The molecule has 0 radical (unpaired) electrons. The van der Waals surface area contributed by atoms with Gasteiger partial charge in [-0.3, -0.25) is 4.57 Å². The van der Waals surface area contributed by atoms with E-state index in [9.17, 15) is 0 Å². The summed E-state index contributed by atoms with van der Waals surface area (Å²) in [4.78, 5) is 0. The molecule has 1 saturated heterocycles. The van der Waals surface area contributed by atoms with Gasteiger partial charge in [0, 0.05) is 17.6 Å². The van der Waals surface area contributed by atoms with Crippen molar-refractivity contribution in [2.45, 2.75) is 6.92 Å². The van der Waals surface area contributed by atoms with Gasteiger partial charge in [-0.25, -0.2) is 0 Å². The van der Waals surface area contributed by atoms with Gasteiger partial charge in [0.2, 0.25) is 0 Å². The van der Waals surface area contributed by atoms with Crippen LogP contribution in [0, 0.1) is 5.41 Å². The zero-order valence-electron chi connectivity index (χ0n) is 10.3. The Hall–Kier alpha value is -1.88. The average Bonchev–Trinajstić information content (AvgIpc) is 2.88. The van der Waals surface area contributed by atoms with E-state index in [1.54, 1.807) is 12.7 Å². The van der Waals surface area contributed by atoms with E-state index in [0.717, 1.165) is 31.1 Å². The van der Waals surface area contributed by atoms with Crippen LogP contribution in [0.15, 0.2) is 36.9 Å². The van der Waals surface area contributed by atoms with Gasteiger partial charge in [-0.15, -0.1) is 10.2 Å². The molecule has 5 nitrogen and oxygen atoms in total. The Kier molecular flexibility index (Phi) is 2.76. The van der Waals surface area contributed by atoms with Crippen LogP contribution in [0.25, 0.3) is 5.69 Å². The highest BCUT2D eigenvalue weighted by Crippen LogP contribution is 2.27. The van der Waals surface area contributed by atoms with Gasteiger partial charge in [-0.1, -0.05) is 13.0 Å². The number of nitrogens with zero attached hydrogens (tertiary/aromatic N) is 3. The van der Waals surface area contributed by atoms with Crippen molar-refractivity contribution < 1.29 is 4.74 Å². The first-order chi connectivity index (χ1) is 8.75. The van der Waals surface area contributed by atoms with E-state index >= 15 is 0 Å². The zero-order chi connectivity index (χ0) is 12.4. The van der Waals surface area contributed by atoms with Gasteiger partial charge in [-0.2, -0.15) is 0 Å². The first kappa shape index (κ1) is 11.2. The lowest BCUT2D eigenvalue weighted by Gasteiger charge is -2.38. The molecular formula is C13H16N4O. The molecule has 0 aliphatic carbocycles. The highest BCUT2D eigenvalue weighted by Gasteiger charge is 2.32. The summed E-state index contributed by atoms with van der Waals surface area (Å²) in [7, 11) is 0. The van der Waals surface area contributed by atoms with Crippen molar-refractivity contribution in [3.63, 3.8) is 0 Å². The van der Waals surface area contributed by atoms with E-state index in [0.29, 0.717) is 0 Å². The van der Waals surface area contributed by atoms with Crippen molar-refractivity contribution in [1.82, 2.24) is 14.8 Å². The van der Waals surface area contributed by atoms with E-state index in [-0.39, 0.29) is 5.41 Å². The fraction of sp³-hybridized carbons (Fsp3) is 0.385. The van der Waals surface area contributed by atoms with Crippen molar-refractivity contribution in [2.75, 3.05) is 25.1 Å². The predicted octanol–water partition coefficient (Wildman–Crippen LogP) is 1.72. The van der Waals surface area contributed by atoms with Crippen LogP contribution in [0.4, 0.5) is 5.69 Å². The summed E-state index contributed by atoms with van der Waals surface area (Å²) in [6.45, 7) is 4.84. The first-order valence-corrected chi connectivity index (χ1v) is 6.02. The van der Waals surface area contributed by atoms with Crippen molar-refractivity contribution in [3.8, 4) is 5.69 Å². The number of anilines is 1. The van der Waals surface area contributed by atoms with Crippen LogP contribution in [-0.2, 0) is 4.74 Å². The van der Waals surface area contributed by atoms with Crippen LogP contribution in [0.1, 0.15) is 6.92 Å². The fourth-order valence-corrected chi connectivity index (χ4v) is 1.98. The molecule has 94 valence electrons. The van der Waals surface area contributed by atoms with Crippen molar-refractivity contribution in [3.05, 3.63) is 36.9 Å². The van der Waals surface area contributed by atoms with E-state index in [2.05, 4.69) is 34.6 Å². The molecular weight excluding hydrogens is 228 g/mol. The Morgan fingerprint density at radius 2 is 2.11 bits per heavy atom.